The minimum absolute atomic E-state index is 0.210. The van der Waals surface area contributed by atoms with Gasteiger partial charge in [0.05, 0.1) is 5.69 Å². The highest BCUT2D eigenvalue weighted by Gasteiger charge is 2.25. The molecule has 0 saturated carbocycles. The minimum Gasteiger partial charge on any atom is -0.444 e. The number of amides is 1. The van der Waals surface area contributed by atoms with E-state index in [9.17, 15) is 4.79 Å². The van der Waals surface area contributed by atoms with Gasteiger partial charge >= 0.3 is 6.09 Å². The number of ether oxygens (including phenoxy) is 1. The van der Waals surface area contributed by atoms with Crippen molar-refractivity contribution in [3.05, 3.63) is 17.0 Å². The second kappa shape index (κ2) is 10.7. The number of nitrogens with one attached hydrogen (secondary N) is 2. The van der Waals surface area contributed by atoms with Gasteiger partial charge in [-0.2, -0.15) is 5.10 Å². The van der Waals surface area contributed by atoms with Gasteiger partial charge in [-0.15, -0.1) is 0 Å². The molecule has 1 saturated heterocycles. The fraction of sp³-hybridized carbons (Fsp3) is 0.762. The van der Waals surface area contributed by atoms with Crippen LogP contribution in [0.5, 0.6) is 0 Å². The second-order valence-corrected chi connectivity index (χ2v) is 8.79. The van der Waals surface area contributed by atoms with E-state index in [-0.39, 0.29) is 6.09 Å². The Morgan fingerprint density at radius 3 is 2.37 bits per heavy atom. The van der Waals surface area contributed by atoms with Crippen LogP contribution in [-0.4, -0.2) is 83.6 Å². The van der Waals surface area contributed by atoms with Crippen molar-refractivity contribution in [2.45, 2.75) is 53.2 Å². The number of carbonyl (C=O) groups is 1. The van der Waals surface area contributed by atoms with Gasteiger partial charge < -0.3 is 20.3 Å². The molecule has 2 rings (SSSR count). The number of carbonyl (C=O) groups excluding carboxylic acids is 1. The summed E-state index contributed by atoms with van der Waals surface area (Å²) < 4.78 is 7.36. The first-order chi connectivity index (χ1) is 14.1. The minimum atomic E-state index is -0.444. The van der Waals surface area contributed by atoms with Gasteiger partial charge in [0, 0.05) is 64.6 Å². The van der Waals surface area contributed by atoms with Gasteiger partial charge in [0.1, 0.15) is 5.60 Å². The zero-order valence-corrected chi connectivity index (χ0v) is 19.7. The quantitative estimate of drug-likeness (QED) is 0.413. The highest BCUT2D eigenvalue weighted by molar-refractivity contribution is 5.79. The Balaban J connectivity index is 1.64. The molecule has 0 spiro atoms. The lowest BCUT2D eigenvalue weighted by Gasteiger charge is -2.35. The maximum Gasteiger partial charge on any atom is 0.410 e. The maximum absolute atomic E-state index is 12.1. The van der Waals surface area contributed by atoms with E-state index in [1.54, 1.807) is 11.9 Å². The van der Waals surface area contributed by atoms with Gasteiger partial charge in [0.15, 0.2) is 5.96 Å². The number of nitrogens with zero attached hydrogens (tertiary/aromatic N) is 5. The first kappa shape index (κ1) is 24.0. The molecule has 0 bridgehead atoms. The van der Waals surface area contributed by atoms with Crippen LogP contribution in [0.3, 0.4) is 0 Å². The van der Waals surface area contributed by atoms with Gasteiger partial charge in [-0.1, -0.05) is 0 Å². The summed E-state index contributed by atoms with van der Waals surface area (Å²) in [6, 6.07) is 0. The van der Waals surface area contributed by atoms with Crippen LogP contribution in [0.1, 0.15) is 44.1 Å². The normalized spacial score (nSPS) is 16.0. The average Bonchev–Trinajstić information content (AvgIpc) is 2.92. The predicted octanol–water partition coefficient (Wildman–Crippen LogP) is 1.64. The van der Waals surface area contributed by atoms with Crippen LogP contribution in [0.2, 0.25) is 0 Å². The number of aromatic nitrogens is 2. The van der Waals surface area contributed by atoms with Gasteiger partial charge in [0.2, 0.25) is 0 Å². The molecule has 0 aliphatic carbocycles. The third-order valence-corrected chi connectivity index (χ3v) is 5.28. The number of rotatable bonds is 6. The molecule has 0 atom stereocenters. The Kier molecular flexibility index (Phi) is 8.52. The van der Waals surface area contributed by atoms with Crippen LogP contribution in [0.4, 0.5) is 4.79 Å². The number of aliphatic imine (C=N–C) groups is 1. The van der Waals surface area contributed by atoms with E-state index in [4.69, 9.17) is 4.74 Å². The number of aryl methyl sites for hydroxylation is 2. The molecule has 1 aromatic heterocycles. The molecular weight excluding hydrogens is 382 g/mol. The smallest absolute Gasteiger partial charge is 0.410 e. The van der Waals surface area contributed by atoms with Gasteiger partial charge in [0.25, 0.3) is 0 Å². The molecule has 0 unspecified atom stereocenters. The zero-order chi connectivity index (χ0) is 22.3. The van der Waals surface area contributed by atoms with Crippen molar-refractivity contribution in [3.63, 3.8) is 0 Å². The Bertz CT molecular complexity index is 728. The molecule has 30 heavy (non-hydrogen) atoms. The fourth-order valence-electron chi connectivity index (χ4n) is 3.46. The van der Waals surface area contributed by atoms with Crippen molar-refractivity contribution in [1.82, 2.24) is 30.2 Å². The molecule has 1 amide bonds. The Hall–Kier alpha value is -2.29. The molecule has 1 aromatic rings. The van der Waals surface area contributed by atoms with Crippen molar-refractivity contribution in [2.75, 3.05) is 46.3 Å². The standard InChI is InChI=1S/C21H39N7O2/c1-16-18(17(2)26(7)25-16)15-24-19(22-6)23-9-8-10-27-11-13-28(14-12-27)20(29)30-21(3,4)5/h8-15H2,1-7H3,(H2,22,23,24). The van der Waals surface area contributed by atoms with Crippen molar-refractivity contribution in [3.8, 4) is 0 Å². The van der Waals surface area contributed by atoms with E-state index < -0.39 is 5.60 Å². The average molecular weight is 422 g/mol. The van der Waals surface area contributed by atoms with Crippen LogP contribution in [-0.2, 0) is 18.3 Å². The number of piperazine rings is 1. The summed E-state index contributed by atoms with van der Waals surface area (Å²) >= 11 is 0. The van der Waals surface area contributed by atoms with E-state index in [0.717, 1.165) is 57.3 Å². The lowest BCUT2D eigenvalue weighted by atomic mass is 10.2. The van der Waals surface area contributed by atoms with Crippen molar-refractivity contribution < 1.29 is 9.53 Å². The van der Waals surface area contributed by atoms with E-state index in [1.165, 1.54) is 11.3 Å². The lowest BCUT2D eigenvalue weighted by molar-refractivity contribution is 0.0145. The van der Waals surface area contributed by atoms with Crippen LogP contribution < -0.4 is 10.6 Å². The van der Waals surface area contributed by atoms with E-state index in [2.05, 4.69) is 32.5 Å². The van der Waals surface area contributed by atoms with E-state index in [1.807, 2.05) is 39.4 Å². The number of hydrogen-bond acceptors (Lipinski definition) is 5. The van der Waals surface area contributed by atoms with Crippen molar-refractivity contribution >= 4 is 12.1 Å². The third kappa shape index (κ3) is 7.19. The van der Waals surface area contributed by atoms with E-state index in [0.29, 0.717) is 6.54 Å². The lowest BCUT2D eigenvalue weighted by Crippen LogP contribution is -2.50. The molecule has 1 aliphatic heterocycles. The maximum atomic E-state index is 12.1. The summed E-state index contributed by atoms with van der Waals surface area (Å²) in [5.41, 5.74) is 2.98. The molecule has 170 valence electrons. The van der Waals surface area contributed by atoms with E-state index >= 15 is 0 Å². The largest absolute Gasteiger partial charge is 0.444 e. The highest BCUT2D eigenvalue weighted by atomic mass is 16.6. The summed E-state index contributed by atoms with van der Waals surface area (Å²) in [7, 11) is 3.75. The fourth-order valence-corrected chi connectivity index (χ4v) is 3.46. The Morgan fingerprint density at radius 1 is 1.17 bits per heavy atom. The third-order valence-electron chi connectivity index (χ3n) is 5.28. The van der Waals surface area contributed by atoms with Crippen molar-refractivity contribution in [1.29, 1.82) is 0 Å². The molecule has 2 N–H and O–H groups in total. The molecule has 0 radical (unpaired) electrons. The summed E-state index contributed by atoms with van der Waals surface area (Å²) in [5, 5.41) is 11.2. The van der Waals surface area contributed by atoms with Gasteiger partial charge in [-0.05, 0) is 47.6 Å². The van der Waals surface area contributed by atoms with Gasteiger partial charge in [-0.25, -0.2) is 4.79 Å². The van der Waals surface area contributed by atoms with Crippen LogP contribution in [0.25, 0.3) is 0 Å². The number of guanidine groups is 1. The summed E-state index contributed by atoms with van der Waals surface area (Å²) in [6.07, 6.45) is 0.802. The molecule has 1 fully saturated rings. The first-order valence-electron chi connectivity index (χ1n) is 10.7. The monoisotopic (exact) mass is 421 g/mol. The van der Waals surface area contributed by atoms with Gasteiger partial charge in [-0.3, -0.25) is 14.6 Å². The Labute approximate surface area is 180 Å². The highest BCUT2D eigenvalue weighted by Crippen LogP contribution is 2.12. The molecule has 9 heteroatoms. The predicted molar refractivity (Wildman–Crippen MR) is 120 cm³/mol. The zero-order valence-electron chi connectivity index (χ0n) is 19.7. The Morgan fingerprint density at radius 2 is 1.83 bits per heavy atom. The molecule has 0 aromatic carbocycles. The van der Waals surface area contributed by atoms with Crippen LogP contribution in [0, 0.1) is 13.8 Å². The SMILES string of the molecule is CN=C(NCCCN1CCN(C(=O)OC(C)(C)C)CC1)NCc1c(C)nn(C)c1C. The topological polar surface area (TPSA) is 87.0 Å². The first-order valence-corrected chi connectivity index (χ1v) is 10.7. The van der Waals surface area contributed by atoms with Crippen LogP contribution in [0.15, 0.2) is 4.99 Å². The number of hydrogen-bond donors (Lipinski definition) is 2. The molecular formula is C21H39N7O2. The molecule has 2 heterocycles. The molecule has 1 aliphatic rings. The second-order valence-electron chi connectivity index (χ2n) is 8.79. The summed E-state index contributed by atoms with van der Waals surface area (Å²) in [6.45, 7) is 15.5. The molecule has 9 nitrogen and oxygen atoms in total. The van der Waals surface area contributed by atoms with Crippen molar-refractivity contribution in [2.24, 2.45) is 12.0 Å². The summed E-state index contributed by atoms with van der Waals surface area (Å²) in [4.78, 5) is 20.6. The summed E-state index contributed by atoms with van der Waals surface area (Å²) in [5.74, 6) is 0.799. The van der Waals surface area contributed by atoms with Crippen LogP contribution >= 0.6 is 0 Å².